The molecule has 158 valence electrons. The predicted octanol–water partition coefficient (Wildman–Crippen LogP) is 2.18. The molecule has 8 heteroatoms. The number of hydrogen-bond acceptors (Lipinski definition) is 5. The summed E-state index contributed by atoms with van der Waals surface area (Å²) in [6, 6.07) is 14.5. The minimum atomic E-state index is 0.634. The van der Waals surface area contributed by atoms with Crippen molar-refractivity contribution in [3.63, 3.8) is 0 Å². The zero-order valence-corrected chi connectivity index (χ0v) is 18.7. The van der Waals surface area contributed by atoms with Gasteiger partial charge in [-0.1, -0.05) is 18.2 Å². The number of rotatable bonds is 6. The molecule has 1 fully saturated rings. The Kier molecular flexibility index (Phi) is 6.15. The van der Waals surface area contributed by atoms with Crippen LogP contribution in [0.15, 0.2) is 42.5 Å². The maximum Gasteiger partial charge on any atom is 0.225 e. The molecule has 0 bridgehead atoms. The maximum absolute atomic E-state index is 5.80. The normalized spacial score (nSPS) is 14.8. The van der Waals surface area contributed by atoms with Crippen molar-refractivity contribution in [2.24, 2.45) is 0 Å². The monoisotopic (exact) mass is 425 g/mol. The molecule has 0 spiro atoms. The third kappa shape index (κ3) is 4.24. The zero-order chi connectivity index (χ0) is 21.1. The number of piperazine rings is 1. The molecule has 0 saturated carbocycles. The van der Waals surface area contributed by atoms with Crippen molar-refractivity contribution >= 4 is 17.9 Å². The van der Waals surface area contributed by atoms with Crippen LogP contribution in [0.3, 0.4) is 0 Å². The summed E-state index contributed by atoms with van der Waals surface area (Å²) in [5.41, 5.74) is 4.61. The van der Waals surface area contributed by atoms with Gasteiger partial charge >= 0.3 is 0 Å². The lowest BCUT2D eigenvalue weighted by Gasteiger charge is -2.34. The summed E-state index contributed by atoms with van der Waals surface area (Å²) in [4.78, 5) is 3.85. The van der Waals surface area contributed by atoms with Gasteiger partial charge in [0, 0.05) is 0 Å². The third-order valence-electron chi connectivity index (χ3n) is 5.72. The van der Waals surface area contributed by atoms with Gasteiger partial charge in [-0.15, -0.1) is 0 Å². The Labute approximate surface area is 182 Å². The second-order valence-corrected chi connectivity index (χ2v) is 8.10. The molecule has 30 heavy (non-hydrogen) atoms. The molecule has 0 unspecified atom stereocenters. The molecule has 0 aliphatic carbocycles. The smallest absolute Gasteiger partial charge is 0.225 e. The highest BCUT2D eigenvalue weighted by Crippen LogP contribution is 2.27. The van der Waals surface area contributed by atoms with Crippen LogP contribution in [0.4, 0.5) is 5.69 Å². The summed E-state index contributed by atoms with van der Waals surface area (Å²) in [5.74, 6) is 0.960. The largest absolute Gasteiger partial charge is 0.492 e. The fourth-order valence-electron chi connectivity index (χ4n) is 3.82. The van der Waals surface area contributed by atoms with Crippen LogP contribution in [-0.2, 0) is 6.67 Å². The molecule has 1 aliphatic rings. The van der Waals surface area contributed by atoms with E-state index in [9.17, 15) is 0 Å². The van der Waals surface area contributed by atoms with E-state index in [1.54, 1.807) is 4.68 Å². The van der Waals surface area contributed by atoms with E-state index < -0.39 is 0 Å². The fourth-order valence-corrected chi connectivity index (χ4v) is 4.07. The molecule has 2 aromatic carbocycles. The number of quaternary nitrogens is 1. The highest BCUT2D eigenvalue weighted by molar-refractivity contribution is 7.71. The Morgan fingerprint density at radius 2 is 1.80 bits per heavy atom. The summed E-state index contributed by atoms with van der Waals surface area (Å²) < 4.78 is 10.0. The van der Waals surface area contributed by atoms with Gasteiger partial charge in [0.25, 0.3) is 0 Å². The van der Waals surface area contributed by atoms with Crippen molar-refractivity contribution < 1.29 is 9.64 Å². The lowest BCUT2D eigenvalue weighted by Crippen LogP contribution is -3.14. The first kappa shape index (κ1) is 20.6. The van der Waals surface area contributed by atoms with Gasteiger partial charge in [-0.25, -0.2) is 0 Å². The molecule has 1 aliphatic heterocycles. The summed E-state index contributed by atoms with van der Waals surface area (Å²) >= 11 is 5.66. The van der Waals surface area contributed by atoms with E-state index in [-0.39, 0.29) is 0 Å². The third-order valence-corrected chi connectivity index (χ3v) is 6.11. The van der Waals surface area contributed by atoms with Crippen molar-refractivity contribution in [1.82, 2.24) is 19.8 Å². The lowest BCUT2D eigenvalue weighted by molar-refractivity contribution is -0.924. The first-order valence-corrected chi connectivity index (χ1v) is 10.9. The molecule has 1 N–H and O–H groups in total. The van der Waals surface area contributed by atoms with Gasteiger partial charge in [0.05, 0.1) is 44.2 Å². The van der Waals surface area contributed by atoms with E-state index in [1.165, 1.54) is 21.7 Å². The molecule has 0 atom stereocenters. The van der Waals surface area contributed by atoms with Crippen LogP contribution in [0.2, 0.25) is 0 Å². The minimum Gasteiger partial charge on any atom is -0.492 e. The van der Waals surface area contributed by atoms with Gasteiger partial charge in [-0.3, -0.25) is 0 Å². The number of benzene rings is 2. The Hall–Kier alpha value is -2.71. The maximum atomic E-state index is 5.80. The van der Waals surface area contributed by atoms with E-state index >= 15 is 0 Å². The van der Waals surface area contributed by atoms with Gasteiger partial charge < -0.3 is 14.5 Å². The quantitative estimate of drug-likeness (QED) is 0.614. The van der Waals surface area contributed by atoms with Gasteiger partial charge in [-0.05, 0) is 78.8 Å². The molecule has 4 rings (SSSR count). The van der Waals surface area contributed by atoms with Gasteiger partial charge in [-0.2, -0.15) is 9.36 Å². The van der Waals surface area contributed by atoms with Crippen molar-refractivity contribution in [2.45, 2.75) is 27.4 Å². The topological polar surface area (TPSA) is 52.6 Å². The Balaban J connectivity index is 1.42. The number of para-hydroxylation sites is 2. The molecule has 1 aromatic heterocycles. The molecule has 0 amide bonds. The highest BCUT2D eigenvalue weighted by atomic mass is 32.1. The average Bonchev–Trinajstić information content (AvgIpc) is 3.11. The van der Waals surface area contributed by atoms with Gasteiger partial charge in [0.1, 0.15) is 5.75 Å². The van der Waals surface area contributed by atoms with Crippen LogP contribution in [0.1, 0.15) is 18.1 Å². The summed E-state index contributed by atoms with van der Waals surface area (Å²) in [7, 11) is 0. The van der Waals surface area contributed by atoms with Crippen LogP contribution >= 0.6 is 12.2 Å². The molecule has 3 aromatic rings. The Morgan fingerprint density at radius 3 is 2.53 bits per heavy atom. The number of ether oxygens (including phenoxy) is 1. The summed E-state index contributed by atoms with van der Waals surface area (Å²) in [5, 5.41) is 8.63. The van der Waals surface area contributed by atoms with E-state index in [0.717, 1.165) is 44.3 Å². The summed E-state index contributed by atoms with van der Waals surface area (Å²) in [6.45, 7) is 11.6. The lowest BCUT2D eigenvalue weighted by atomic mass is 10.1. The minimum absolute atomic E-state index is 0.634. The van der Waals surface area contributed by atoms with E-state index in [0.29, 0.717) is 11.4 Å². The van der Waals surface area contributed by atoms with Crippen molar-refractivity contribution in [3.05, 3.63) is 58.4 Å². The average molecular weight is 426 g/mol. The van der Waals surface area contributed by atoms with Crippen molar-refractivity contribution in [1.29, 1.82) is 0 Å². The summed E-state index contributed by atoms with van der Waals surface area (Å²) in [6.07, 6.45) is 0. The first-order valence-electron chi connectivity index (χ1n) is 10.5. The van der Waals surface area contributed by atoms with Crippen LogP contribution < -0.4 is 14.5 Å². The van der Waals surface area contributed by atoms with Crippen molar-refractivity contribution in [3.8, 4) is 11.4 Å². The number of nitrogens with zero attached hydrogens (tertiary/aromatic N) is 5. The number of aryl methyl sites for hydroxylation is 2. The molecule has 2 heterocycles. The van der Waals surface area contributed by atoms with E-state index in [2.05, 4.69) is 53.4 Å². The molecular weight excluding hydrogens is 396 g/mol. The predicted molar refractivity (Wildman–Crippen MR) is 120 cm³/mol. The van der Waals surface area contributed by atoms with Crippen molar-refractivity contribution in [2.75, 3.05) is 37.7 Å². The number of tetrazole rings is 1. The highest BCUT2D eigenvalue weighted by Gasteiger charge is 2.23. The van der Waals surface area contributed by atoms with Crippen LogP contribution in [0.25, 0.3) is 5.69 Å². The SMILES string of the molecule is CCOc1ccccc1N1CC[NH+](Cn2nnn(-c3ccc(C)c(C)c3)c2=S)CC1. The second-order valence-electron chi connectivity index (χ2n) is 7.74. The van der Waals surface area contributed by atoms with Crippen LogP contribution in [0.5, 0.6) is 5.75 Å². The van der Waals surface area contributed by atoms with E-state index in [4.69, 9.17) is 17.0 Å². The Morgan fingerprint density at radius 1 is 1.03 bits per heavy atom. The molecule has 1 saturated heterocycles. The van der Waals surface area contributed by atoms with E-state index in [1.807, 2.05) is 29.8 Å². The van der Waals surface area contributed by atoms with Crippen LogP contribution in [0, 0.1) is 18.6 Å². The number of hydrogen-bond donors (Lipinski definition) is 1. The standard InChI is InChI=1S/C22H28N6OS/c1-4-29-21-8-6-5-7-20(21)26-13-11-25(12-14-26)16-27-22(30)28(24-23-27)19-10-9-17(2)18(3)15-19/h5-10,15H,4,11-14,16H2,1-3H3/p+1. The molecular formula is C22H29N6OS+. The second kappa shape index (κ2) is 8.97. The Bertz CT molecular complexity index is 1070. The number of nitrogens with one attached hydrogen (secondary N) is 1. The number of anilines is 1. The van der Waals surface area contributed by atoms with Gasteiger partial charge in [0.2, 0.25) is 4.77 Å². The number of aromatic nitrogens is 4. The van der Waals surface area contributed by atoms with Crippen LogP contribution in [-0.4, -0.2) is 52.6 Å². The van der Waals surface area contributed by atoms with Gasteiger partial charge in [0.15, 0.2) is 6.67 Å². The first-order chi connectivity index (χ1) is 14.6. The molecule has 0 radical (unpaired) electrons. The fraction of sp³-hybridized carbons (Fsp3) is 0.409. The zero-order valence-electron chi connectivity index (χ0n) is 17.8. The molecule has 7 nitrogen and oxygen atoms in total.